The molecule has 4 rings (SSSR count). The van der Waals surface area contributed by atoms with Gasteiger partial charge in [-0.15, -0.1) is 0 Å². The summed E-state index contributed by atoms with van der Waals surface area (Å²) in [4.78, 5) is 39.9. The molecule has 3 heterocycles. The maximum absolute atomic E-state index is 12.6. The first-order chi connectivity index (χ1) is 18.5. The average molecular weight is 612 g/mol. The van der Waals surface area contributed by atoms with Crippen molar-refractivity contribution >= 4 is 67.4 Å². The van der Waals surface area contributed by atoms with Gasteiger partial charge < -0.3 is 25.2 Å². The molecule has 0 atom stereocenters. The number of nitriles is 1. The topological polar surface area (TPSA) is 159 Å². The van der Waals surface area contributed by atoms with Crippen molar-refractivity contribution in [1.82, 2.24) is 15.0 Å². The third-order valence-corrected chi connectivity index (χ3v) is 6.92. The highest BCUT2D eigenvalue weighted by molar-refractivity contribution is 9.10. The van der Waals surface area contributed by atoms with Gasteiger partial charge in [0.2, 0.25) is 11.6 Å². The van der Waals surface area contributed by atoms with Crippen molar-refractivity contribution in [2.75, 3.05) is 37.8 Å². The van der Waals surface area contributed by atoms with Crippen LogP contribution in [0.4, 0.5) is 17.3 Å². The number of aliphatic imine (C=N–C) groups is 1. The lowest BCUT2D eigenvalue weighted by atomic mass is 10.1. The van der Waals surface area contributed by atoms with Crippen LogP contribution in [-0.2, 0) is 4.79 Å². The highest BCUT2D eigenvalue weighted by Crippen LogP contribution is 2.29. The molecule has 0 aliphatic carbocycles. The molecular formula is C25H22BrClN9O3+. The predicted molar refractivity (Wildman–Crippen MR) is 151 cm³/mol. The van der Waals surface area contributed by atoms with Crippen molar-refractivity contribution in [2.24, 2.45) is 4.99 Å². The number of aromatic nitrogens is 3. The number of quaternary nitrogens is 1. The molecule has 0 radical (unpaired) electrons. The van der Waals surface area contributed by atoms with Gasteiger partial charge in [0.05, 0.1) is 49.4 Å². The molecule has 3 aromatic rings. The number of nitrogens with zero attached hydrogens (tertiary/aromatic N) is 7. The quantitative estimate of drug-likeness (QED) is 0.154. The van der Waals surface area contributed by atoms with Gasteiger partial charge in [-0.25, -0.2) is 15.0 Å². The van der Waals surface area contributed by atoms with E-state index in [0.717, 1.165) is 10.2 Å². The van der Waals surface area contributed by atoms with Crippen LogP contribution >= 0.6 is 27.5 Å². The third kappa shape index (κ3) is 6.99. The normalized spacial score (nSPS) is 13.5. The van der Waals surface area contributed by atoms with Crippen LogP contribution in [0.5, 0.6) is 0 Å². The number of fused-ring (bicyclic) bond motifs is 1. The standard InChI is InChI=1S/C25H21BrClN9O3/c1-36(2,13-15-8-17(11-28)33-25(15)35(38)39)7-3-4-23(37)34-22-10-18-21(12-29-22)30-14-31-24(18)32-16-5-6-19(26)20(27)9-16/h3-6,9-10,12,14H,7-8,13H2,1-2H3,(H-,29,30,31,32,34,37)/p+1/b4-3+. The molecule has 0 bridgehead atoms. The molecule has 1 aliphatic rings. The minimum atomic E-state index is -0.570. The smallest absolute Gasteiger partial charge is 0.358 e. The summed E-state index contributed by atoms with van der Waals surface area (Å²) in [6.45, 7) is 0.717. The SMILES string of the molecule is C[N+](C)(C/C=C/C(=O)Nc1cc2c(Nc3ccc(Br)c(Cl)c3)ncnc2cn1)CC1=C([N+](=O)[O-])N=C(C#N)C1. The molecule has 198 valence electrons. The van der Waals surface area contributed by atoms with Crippen molar-refractivity contribution in [3.8, 4) is 6.07 Å². The average Bonchev–Trinajstić information content (AvgIpc) is 3.29. The molecule has 2 N–H and O–H groups in total. The lowest BCUT2D eigenvalue weighted by molar-refractivity contribution is -0.880. The number of nitrogens with one attached hydrogen (secondary N) is 2. The maximum atomic E-state index is 12.6. The van der Waals surface area contributed by atoms with Gasteiger partial charge in [-0.2, -0.15) is 5.26 Å². The Kier molecular flexibility index (Phi) is 8.29. The van der Waals surface area contributed by atoms with E-state index >= 15 is 0 Å². The minimum absolute atomic E-state index is 0.124. The first-order valence-electron chi connectivity index (χ1n) is 11.5. The molecule has 0 saturated carbocycles. The molecule has 12 nitrogen and oxygen atoms in total. The number of likely N-dealkylation sites (N-methyl/N-ethyl adjacent to an activating group) is 1. The number of hydrogen-bond donors (Lipinski definition) is 2. The summed E-state index contributed by atoms with van der Waals surface area (Å²) in [7, 11) is 3.74. The summed E-state index contributed by atoms with van der Waals surface area (Å²) in [6.07, 6.45) is 6.16. The van der Waals surface area contributed by atoms with E-state index in [9.17, 15) is 14.9 Å². The number of rotatable bonds is 9. The number of carbonyl (C=O) groups is 1. The van der Waals surface area contributed by atoms with Gasteiger partial charge in [-0.3, -0.25) is 4.79 Å². The maximum Gasteiger partial charge on any atom is 0.369 e. The summed E-state index contributed by atoms with van der Waals surface area (Å²) in [5.74, 6) is 0.159. The minimum Gasteiger partial charge on any atom is -0.358 e. The van der Waals surface area contributed by atoms with Crippen LogP contribution in [0.2, 0.25) is 5.02 Å². The Hall–Kier alpha value is -4.25. The summed E-state index contributed by atoms with van der Waals surface area (Å²) < 4.78 is 1.09. The van der Waals surface area contributed by atoms with Crippen LogP contribution in [0.25, 0.3) is 10.9 Å². The van der Waals surface area contributed by atoms with Gasteiger partial charge in [-0.05, 0) is 56.2 Å². The largest absolute Gasteiger partial charge is 0.369 e. The zero-order valence-corrected chi connectivity index (χ0v) is 23.2. The van der Waals surface area contributed by atoms with Gasteiger partial charge in [0.15, 0.2) is 0 Å². The molecule has 0 saturated heterocycles. The number of anilines is 3. The number of nitro groups is 1. The molecule has 14 heteroatoms. The van der Waals surface area contributed by atoms with Crippen molar-refractivity contribution in [3.05, 3.63) is 79.9 Å². The van der Waals surface area contributed by atoms with E-state index in [2.05, 4.69) is 46.5 Å². The second kappa shape index (κ2) is 11.6. The van der Waals surface area contributed by atoms with Crippen LogP contribution in [-0.4, -0.2) is 63.2 Å². The highest BCUT2D eigenvalue weighted by Gasteiger charge is 2.33. The fourth-order valence-corrected chi connectivity index (χ4v) is 4.35. The third-order valence-electron chi connectivity index (χ3n) is 5.68. The van der Waals surface area contributed by atoms with Crippen molar-refractivity contribution < 1.29 is 14.2 Å². The molecule has 0 fully saturated rings. The lowest BCUT2D eigenvalue weighted by Crippen LogP contribution is -2.41. The first kappa shape index (κ1) is 27.8. The Balaban J connectivity index is 1.42. The first-order valence-corrected chi connectivity index (χ1v) is 12.7. The van der Waals surface area contributed by atoms with Gasteiger partial charge in [0, 0.05) is 21.6 Å². The fourth-order valence-electron chi connectivity index (χ4n) is 3.92. The second-order valence-electron chi connectivity index (χ2n) is 9.26. The number of halogens is 2. The number of hydrogen-bond acceptors (Lipinski definition) is 9. The fraction of sp³-hybridized carbons (Fsp3) is 0.200. The van der Waals surface area contributed by atoms with E-state index < -0.39 is 10.8 Å². The lowest BCUT2D eigenvalue weighted by Gasteiger charge is -2.28. The van der Waals surface area contributed by atoms with E-state index in [0.29, 0.717) is 50.7 Å². The van der Waals surface area contributed by atoms with Crippen LogP contribution in [0, 0.1) is 21.4 Å². The van der Waals surface area contributed by atoms with Crippen LogP contribution in [0.1, 0.15) is 6.42 Å². The van der Waals surface area contributed by atoms with Crippen LogP contribution < -0.4 is 10.6 Å². The summed E-state index contributed by atoms with van der Waals surface area (Å²) >= 11 is 9.56. The molecular weight excluding hydrogens is 590 g/mol. The second-order valence-corrected chi connectivity index (χ2v) is 10.5. The van der Waals surface area contributed by atoms with Crippen LogP contribution in [0.3, 0.4) is 0 Å². The van der Waals surface area contributed by atoms with Gasteiger partial charge in [-0.1, -0.05) is 11.6 Å². The Morgan fingerprint density at radius 2 is 2.10 bits per heavy atom. The molecule has 0 spiro atoms. The molecule has 0 unspecified atom stereocenters. The van der Waals surface area contributed by atoms with Crippen molar-refractivity contribution in [1.29, 1.82) is 5.26 Å². The number of pyridine rings is 1. The number of benzene rings is 1. The van der Waals surface area contributed by atoms with E-state index in [1.54, 1.807) is 18.2 Å². The Morgan fingerprint density at radius 1 is 1.31 bits per heavy atom. The Morgan fingerprint density at radius 3 is 2.82 bits per heavy atom. The molecule has 2 aromatic heterocycles. The summed E-state index contributed by atoms with van der Waals surface area (Å²) in [6, 6.07) is 8.96. The van der Waals surface area contributed by atoms with Crippen LogP contribution in [0.15, 0.2) is 69.8 Å². The Bertz CT molecular complexity index is 1610. The van der Waals surface area contributed by atoms with Crippen molar-refractivity contribution in [2.45, 2.75) is 6.42 Å². The van der Waals surface area contributed by atoms with E-state index in [1.165, 1.54) is 18.6 Å². The Labute approximate surface area is 236 Å². The summed E-state index contributed by atoms with van der Waals surface area (Å²) in [5, 5.41) is 27.5. The predicted octanol–water partition coefficient (Wildman–Crippen LogP) is 4.61. The number of carbonyl (C=O) groups excluding carboxylic acids is 1. The summed E-state index contributed by atoms with van der Waals surface area (Å²) in [5.41, 5.74) is 1.92. The van der Waals surface area contributed by atoms with Gasteiger partial charge in [0.1, 0.15) is 30.6 Å². The molecule has 39 heavy (non-hydrogen) atoms. The van der Waals surface area contributed by atoms with Gasteiger partial charge in [0.25, 0.3) is 0 Å². The molecule has 1 aliphatic heterocycles. The molecule has 1 aromatic carbocycles. The zero-order chi connectivity index (χ0) is 28.2. The zero-order valence-electron chi connectivity index (χ0n) is 20.9. The van der Waals surface area contributed by atoms with Gasteiger partial charge >= 0.3 is 5.82 Å². The monoisotopic (exact) mass is 610 g/mol. The molecule has 1 amide bonds. The highest BCUT2D eigenvalue weighted by atomic mass is 79.9. The van der Waals surface area contributed by atoms with Crippen molar-refractivity contribution in [3.63, 3.8) is 0 Å². The van der Waals surface area contributed by atoms with E-state index in [-0.39, 0.29) is 18.0 Å². The number of amides is 1. The van der Waals surface area contributed by atoms with E-state index in [4.69, 9.17) is 16.9 Å². The van der Waals surface area contributed by atoms with E-state index in [1.807, 2.05) is 32.3 Å².